The number of hydrogen-bond acceptors (Lipinski definition) is 4. The zero-order chi connectivity index (χ0) is 19.7. The number of methoxy groups -OCH3 is 4. The van der Waals surface area contributed by atoms with Crippen LogP contribution in [0, 0.1) is 0 Å². The third-order valence-corrected chi connectivity index (χ3v) is 4.87. The smallest absolute Gasteiger partial charge is 0.269 e. The van der Waals surface area contributed by atoms with Gasteiger partial charge < -0.3 is 18.9 Å². The highest BCUT2D eigenvalue weighted by atomic mass is 16.5. The lowest BCUT2D eigenvalue weighted by Gasteiger charge is -2.18. The third kappa shape index (κ3) is 2.59. The predicted octanol–water partition coefficient (Wildman–Crippen LogP) is 4.30. The molecular weight excluding hydrogens is 354 g/mol. The van der Waals surface area contributed by atoms with E-state index in [0.717, 1.165) is 27.5 Å². The summed E-state index contributed by atoms with van der Waals surface area (Å²) >= 11 is 0. The maximum absolute atomic E-state index is 5.82. The second-order valence-electron chi connectivity index (χ2n) is 6.27. The van der Waals surface area contributed by atoms with Crippen molar-refractivity contribution in [1.29, 1.82) is 0 Å². The SMILES string of the molecule is COc1c(OC)c(OC)c2c(cc3ccccc3[n+]2-c2ccccc2)c1OC. The molecule has 0 fully saturated rings. The Balaban J connectivity index is 2.33. The Kier molecular flexibility index (Phi) is 4.65. The van der Waals surface area contributed by atoms with Crippen molar-refractivity contribution in [2.75, 3.05) is 28.4 Å². The van der Waals surface area contributed by atoms with Crippen LogP contribution in [0.1, 0.15) is 0 Å². The van der Waals surface area contributed by atoms with Crippen molar-refractivity contribution >= 4 is 21.8 Å². The van der Waals surface area contributed by atoms with E-state index in [4.69, 9.17) is 18.9 Å². The fourth-order valence-electron chi connectivity index (χ4n) is 3.72. The topological polar surface area (TPSA) is 40.8 Å². The minimum absolute atomic E-state index is 0.495. The average Bonchev–Trinajstić information content (AvgIpc) is 2.76. The zero-order valence-electron chi connectivity index (χ0n) is 16.4. The summed E-state index contributed by atoms with van der Waals surface area (Å²) in [5, 5.41) is 1.95. The van der Waals surface area contributed by atoms with Crippen molar-refractivity contribution < 1.29 is 23.5 Å². The van der Waals surface area contributed by atoms with Gasteiger partial charge in [-0.3, -0.25) is 0 Å². The van der Waals surface area contributed by atoms with E-state index >= 15 is 0 Å². The average molecular weight is 376 g/mol. The number of fused-ring (bicyclic) bond motifs is 2. The van der Waals surface area contributed by atoms with Crippen LogP contribution in [-0.2, 0) is 0 Å². The lowest BCUT2D eigenvalue weighted by molar-refractivity contribution is -0.538. The van der Waals surface area contributed by atoms with E-state index in [-0.39, 0.29) is 0 Å². The molecule has 0 N–H and O–H groups in total. The molecule has 0 aliphatic heterocycles. The Hall–Kier alpha value is -3.47. The third-order valence-electron chi connectivity index (χ3n) is 4.87. The van der Waals surface area contributed by atoms with Crippen LogP contribution in [-0.4, -0.2) is 28.4 Å². The van der Waals surface area contributed by atoms with Crippen LogP contribution in [0.4, 0.5) is 0 Å². The molecule has 4 rings (SSSR count). The minimum atomic E-state index is 0.495. The molecule has 0 bridgehead atoms. The summed E-state index contributed by atoms with van der Waals surface area (Å²) < 4.78 is 25.0. The van der Waals surface area contributed by atoms with E-state index in [9.17, 15) is 0 Å². The van der Waals surface area contributed by atoms with Crippen LogP contribution in [0.2, 0.25) is 0 Å². The van der Waals surface area contributed by atoms with E-state index in [0.29, 0.717) is 23.0 Å². The van der Waals surface area contributed by atoms with E-state index in [1.165, 1.54) is 0 Å². The number of para-hydroxylation sites is 2. The zero-order valence-corrected chi connectivity index (χ0v) is 16.4. The summed E-state index contributed by atoms with van der Waals surface area (Å²) in [6.45, 7) is 0. The van der Waals surface area contributed by atoms with Crippen molar-refractivity contribution in [2.24, 2.45) is 0 Å². The van der Waals surface area contributed by atoms with Gasteiger partial charge in [0.25, 0.3) is 5.52 Å². The summed E-state index contributed by atoms with van der Waals surface area (Å²) in [4.78, 5) is 0. The highest BCUT2D eigenvalue weighted by molar-refractivity contribution is 5.99. The van der Waals surface area contributed by atoms with Gasteiger partial charge in [-0.05, 0) is 12.1 Å². The van der Waals surface area contributed by atoms with E-state index in [1.54, 1.807) is 28.4 Å². The van der Waals surface area contributed by atoms with Gasteiger partial charge >= 0.3 is 0 Å². The fourth-order valence-corrected chi connectivity index (χ4v) is 3.72. The van der Waals surface area contributed by atoms with Crippen LogP contribution in [0.15, 0.2) is 60.7 Å². The molecule has 5 nitrogen and oxygen atoms in total. The molecule has 0 aliphatic carbocycles. The molecule has 142 valence electrons. The quantitative estimate of drug-likeness (QED) is 0.385. The maximum atomic E-state index is 5.82. The molecule has 0 amide bonds. The lowest BCUT2D eigenvalue weighted by Crippen LogP contribution is -2.33. The standard InChI is InChI=1S/C23H22NO4/c1-25-20-17-14-15-10-8-9-13-18(15)24(16-11-6-5-7-12-16)19(17)21(26-2)23(28-4)22(20)27-3/h5-14H,1-4H3/q+1. The molecule has 0 saturated heterocycles. The second kappa shape index (κ2) is 7.27. The molecule has 1 aromatic heterocycles. The summed E-state index contributed by atoms with van der Waals surface area (Å²) in [6, 6.07) is 20.5. The van der Waals surface area contributed by atoms with Crippen molar-refractivity contribution in [3.63, 3.8) is 0 Å². The van der Waals surface area contributed by atoms with Gasteiger partial charge in [-0.15, -0.1) is 4.57 Å². The largest absolute Gasteiger partial charge is 0.492 e. The number of ether oxygens (including phenoxy) is 4. The predicted molar refractivity (Wildman–Crippen MR) is 109 cm³/mol. The van der Waals surface area contributed by atoms with Gasteiger partial charge in [-0.1, -0.05) is 30.3 Å². The summed E-state index contributed by atoms with van der Waals surface area (Å²) in [6.07, 6.45) is 0. The number of hydrogen-bond donors (Lipinski definition) is 0. The Morgan fingerprint density at radius 1 is 0.607 bits per heavy atom. The molecule has 0 aliphatic rings. The monoisotopic (exact) mass is 376 g/mol. The van der Waals surface area contributed by atoms with Gasteiger partial charge in [-0.2, -0.15) is 0 Å². The number of rotatable bonds is 5. The highest BCUT2D eigenvalue weighted by Gasteiger charge is 2.31. The fraction of sp³-hybridized carbons (Fsp3) is 0.174. The molecule has 0 atom stereocenters. The minimum Gasteiger partial charge on any atom is -0.492 e. The van der Waals surface area contributed by atoms with E-state index in [2.05, 4.69) is 34.9 Å². The molecular formula is C23H22NO4+. The van der Waals surface area contributed by atoms with Crippen LogP contribution in [0.5, 0.6) is 23.0 Å². The van der Waals surface area contributed by atoms with Gasteiger partial charge in [-0.25, -0.2) is 0 Å². The van der Waals surface area contributed by atoms with Crippen molar-refractivity contribution in [3.8, 4) is 28.7 Å². The Morgan fingerprint density at radius 3 is 1.82 bits per heavy atom. The molecule has 4 aromatic rings. The first-order valence-corrected chi connectivity index (χ1v) is 8.94. The normalized spacial score (nSPS) is 10.9. The molecule has 0 unspecified atom stereocenters. The summed E-state index contributed by atoms with van der Waals surface area (Å²) in [5.74, 6) is 2.19. The van der Waals surface area contributed by atoms with Crippen LogP contribution in [0.25, 0.3) is 27.5 Å². The van der Waals surface area contributed by atoms with Crippen molar-refractivity contribution in [3.05, 3.63) is 60.7 Å². The second-order valence-corrected chi connectivity index (χ2v) is 6.27. The number of nitrogens with zero attached hydrogens (tertiary/aromatic N) is 1. The van der Waals surface area contributed by atoms with Gasteiger partial charge in [0.2, 0.25) is 28.5 Å². The van der Waals surface area contributed by atoms with Crippen molar-refractivity contribution in [1.82, 2.24) is 0 Å². The maximum Gasteiger partial charge on any atom is 0.269 e. The Labute approximate surface area is 163 Å². The number of aromatic nitrogens is 1. The lowest BCUT2D eigenvalue weighted by atomic mass is 10.1. The first-order valence-electron chi connectivity index (χ1n) is 8.94. The van der Waals surface area contributed by atoms with Gasteiger partial charge in [0.15, 0.2) is 5.75 Å². The first-order chi connectivity index (χ1) is 13.7. The molecule has 1 heterocycles. The summed E-state index contributed by atoms with van der Waals surface area (Å²) in [7, 11) is 6.45. The molecule has 0 saturated carbocycles. The first kappa shape index (κ1) is 17.9. The van der Waals surface area contributed by atoms with Crippen molar-refractivity contribution in [2.45, 2.75) is 0 Å². The van der Waals surface area contributed by atoms with Gasteiger partial charge in [0.1, 0.15) is 0 Å². The van der Waals surface area contributed by atoms with E-state index < -0.39 is 0 Å². The van der Waals surface area contributed by atoms with E-state index in [1.807, 2.05) is 30.3 Å². The number of benzene rings is 3. The highest BCUT2D eigenvalue weighted by Crippen LogP contribution is 2.50. The molecule has 0 spiro atoms. The summed E-state index contributed by atoms with van der Waals surface area (Å²) in [5.41, 5.74) is 2.91. The van der Waals surface area contributed by atoms with Gasteiger partial charge in [0.05, 0.1) is 33.8 Å². The van der Waals surface area contributed by atoms with Gasteiger partial charge in [0, 0.05) is 23.6 Å². The Bertz CT molecular complexity index is 1160. The molecule has 0 radical (unpaired) electrons. The van der Waals surface area contributed by atoms with Crippen LogP contribution < -0.4 is 23.5 Å². The molecule has 5 heteroatoms. The molecule has 3 aromatic carbocycles. The molecule has 28 heavy (non-hydrogen) atoms. The number of pyridine rings is 1. The van der Waals surface area contributed by atoms with Crippen LogP contribution >= 0.6 is 0 Å². The van der Waals surface area contributed by atoms with Crippen LogP contribution in [0.3, 0.4) is 0 Å². The Morgan fingerprint density at radius 2 is 1.18 bits per heavy atom.